The molecule has 0 unspecified atom stereocenters. The highest BCUT2D eigenvalue weighted by molar-refractivity contribution is 4.88. The summed E-state index contributed by atoms with van der Waals surface area (Å²) in [6, 6.07) is 0. The first kappa shape index (κ1) is 7.60. The van der Waals surface area contributed by atoms with E-state index in [-0.39, 0.29) is 5.60 Å². The Kier molecular flexibility index (Phi) is 1.92. The van der Waals surface area contributed by atoms with Crippen LogP contribution in [0, 0.1) is 5.92 Å². The summed E-state index contributed by atoms with van der Waals surface area (Å²) < 4.78 is 0. The lowest BCUT2D eigenvalue weighted by molar-refractivity contribution is -0.00851. The van der Waals surface area contributed by atoms with Crippen molar-refractivity contribution in [1.29, 1.82) is 0 Å². The summed E-state index contributed by atoms with van der Waals surface area (Å²) in [6.45, 7) is 0. The lowest BCUT2D eigenvalue weighted by Crippen LogP contribution is -2.31. The van der Waals surface area contributed by atoms with E-state index in [1.54, 1.807) is 0 Å². The molecule has 0 aromatic rings. The van der Waals surface area contributed by atoms with Crippen molar-refractivity contribution in [2.24, 2.45) is 5.92 Å². The van der Waals surface area contributed by atoms with E-state index in [1.807, 2.05) is 0 Å². The fraction of sp³-hybridized carbons (Fsp3) is 1.00. The Hall–Kier alpha value is -0.0400. The summed E-state index contributed by atoms with van der Waals surface area (Å²) in [5, 5.41) is 10.1. The molecule has 2 aliphatic rings. The van der Waals surface area contributed by atoms with Gasteiger partial charge in [0.25, 0.3) is 0 Å². The SMILES string of the molecule is OC1(CC2CC2)CCCCC1. The van der Waals surface area contributed by atoms with E-state index in [0.29, 0.717) is 0 Å². The van der Waals surface area contributed by atoms with Crippen LogP contribution in [-0.4, -0.2) is 10.7 Å². The van der Waals surface area contributed by atoms with Crippen molar-refractivity contribution in [2.45, 2.75) is 57.0 Å². The van der Waals surface area contributed by atoms with Crippen molar-refractivity contribution < 1.29 is 5.11 Å². The molecule has 0 aliphatic heterocycles. The van der Waals surface area contributed by atoms with Crippen LogP contribution in [0.5, 0.6) is 0 Å². The van der Waals surface area contributed by atoms with Crippen molar-refractivity contribution >= 4 is 0 Å². The van der Waals surface area contributed by atoms with E-state index in [2.05, 4.69) is 0 Å². The summed E-state index contributed by atoms with van der Waals surface area (Å²) in [5.41, 5.74) is -0.237. The smallest absolute Gasteiger partial charge is 0.0650 e. The second-order valence-corrected chi connectivity index (χ2v) is 4.43. The molecule has 1 heteroatoms. The average molecular weight is 154 g/mol. The maximum absolute atomic E-state index is 10.1. The standard InChI is InChI=1S/C10H18O/c11-10(8-9-4-5-9)6-2-1-3-7-10/h9,11H,1-8H2. The molecule has 0 bridgehead atoms. The summed E-state index contributed by atoms with van der Waals surface area (Å²) in [7, 11) is 0. The third-order valence-electron chi connectivity index (χ3n) is 3.15. The van der Waals surface area contributed by atoms with E-state index >= 15 is 0 Å². The number of rotatable bonds is 2. The Bertz CT molecular complexity index is 132. The molecule has 64 valence electrons. The first-order chi connectivity index (χ1) is 5.29. The second-order valence-electron chi connectivity index (χ2n) is 4.43. The van der Waals surface area contributed by atoms with Gasteiger partial charge < -0.3 is 5.11 Å². The normalized spacial score (nSPS) is 30.3. The van der Waals surface area contributed by atoms with E-state index in [0.717, 1.165) is 25.2 Å². The van der Waals surface area contributed by atoms with Gasteiger partial charge in [-0.05, 0) is 25.2 Å². The molecule has 1 nitrogen and oxygen atoms in total. The van der Waals surface area contributed by atoms with Gasteiger partial charge in [0, 0.05) is 0 Å². The molecule has 0 aromatic carbocycles. The molecule has 0 heterocycles. The third kappa shape index (κ3) is 1.96. The molecule has 11 heavy (non-hydrogen) atoms. The first-order valence-corrected chi connectivity index (χ1v) is 5.01. The van der Waals surface area contributed by atoms with Crippen LogP contribution in [0.1, 0.15) is 51.4 Å². The number of aliphatic hydroxyl groups is 1. The maximum Gasteiger partial charge on any atom is 0.0650 e. The first-order valence-electron chi connectivity index (χ1n) is 5.01. The molecule has 2 fully saturated rings. The average Bonchev–Trinajstić information content (AvgIpc) is 2.72. The highest BCUT2D eigenvalue weighted by Crippen LogP contribution is 2.42. The molecule has 2 aliphatic carbocycles. The van der Waals surface area contributed by atoms with E-state index in [1.165, 1.54) is 32.1 Å². The molecule has 2 rings (SSSR count). The number of hydrogen-bond donors (Lipinski definition) is 1. The van der Waals surface area contributed by atoms with Gasteiger partial charge in [0.2, 0.25) is 0 Å². The van der Waals surface area contributed by atoms with Gasteiger partial charge in [0.1, 0.15) is 0 Å². The van der Waals surface area contributed by atoms with E-state index in [9.17, 15) is 5.11 Å². The van der Waals surface area contributed by atoms with Crippen LogP contribution in [0.4, 0.5) is 0 Å². The van der Waals surface area contributed by atoms with Gasteiger partial charge in [0.15, 0.2) is 0 Å². The molecule has 0 aromatic heterocycles. The quantitative estimate of drug-likeness (QED) is 0.648. The van der Waals surface area contributed by atoms with Crippen LogP contribution in [0.3, 0.4) is 0 Å². The zero-order valence-electron chi connectivity index (χ0n) is 7.18. The fourth-order valence-corrected chi connectivity index (χ4v) is 2.27. The molecule has 0 spiro atoms. The Morgan fingerprint density at radius 1 is 1.09 bits per heavy atom. The van der Waals surface area contributed by atoms with Crippen LogP contribution in [0.15, 0.2) is 0 Å². The molecule has 2 saturated carbocycles. The second kappa shape index (κ2) is 2.78. The van der Waals surface area contributed by atoms with Crippen LogP contribution in [-0.2, 0) is 0 Å². The molecular formula is C10H18O. The lowest BCUT2D eigenvalue weighted by atomic mass is 9.81. The van der Waals surface area contributed by atoms with Crippen molar-refractivity contribution in [3.05, 3.63) is 0 Å². The molecule has 0 radical (unpaired) electrons. The molecule has 0 saturated heterocycles. The summed E-state index contributed by atoms with van der Waals surface area (Å²) in [5.74, 6) is 0.887. The van der Waals surface area contributed by atoms with Gasteiger partial charge in [-0.2, -0.15) is 0 Å². The Labute approximate surface area is 68.8 Å². The minimum Gasteiger partial charge on any atom is -0.390 e. The largest absolute Gasteiger partial charge is 0.390 e. The highest BCUT2D eigenvalue weighted by Gasteiger charge is 2.35. The minimum absolute atomic E-state index is 0.237. The summed E-state index contributed by atoms with van der Waals surface area (Å²) >= 11 is 0. The van der Waals surface area contributed by atoms with Gasteiger partial charge >= 0.3 is 0 Å². The van der Waals surface area contributed by atoms with Crippen molar-refractivity contribution in [2.75, 3.05) is 0 Å². The fourth-order valence-electron chi connectivity index (χ4n) is 2.27. The third-order valence-corrected chi connectivity index (χ3v) is 3.15. The molecule has 0 atom stereocenters. The Balaban J connectivity index is 1.84. The van der Waals surface area contributed by atoms with E-state index in [4.69, 9.17) is 0 Å². The van der Waals surface area contributed by atoms with Gasteiger partial charge in [0.05, 0.1) is 5.60 Å². The minimum atomic E-state index is -0.237. The van der Waals surface area contributed by atoms with Crippen LogP contribution >= 0.6 is 0 Å². The van der Waals surface area contributed by atoms with Crippen LogP contribution in [0.2, 0.25) is 0 Å². The van der Waals surface area contributed by atoms with Crippen LogP contribution in [0.25, 0.3) is 0 Å². The van der Waals surface area contributed by atoms with Gasteiger partial charge in [-0.3, -0.25) is 0 Å². The van der Waals surface area contributed by atoms with Crippen molar-refractivity contribution in [3.8, 4) is 0 Å². The highest BCUT2D eigenvalue weighted by atomic mass is 16.3. The Morgan fingerprint density at radius 3 is 2.27 bits per heavy atom. The van der Waals surface area contributed by atoms with Crippen LogP contribution < -0.4 is 0 Å². The zero-order valence-corrected chi connectivity index (χ0v) is 7.18. The zero-order chi connectivity index (χ0) is 7.73. The summed E-state index contributed by atoms with van der Waals surface area (Å²) in [6.07, 6.45) is 9.85. The van der Waals surface area contributed by atoms with Crippen molar-refractivity contribution in [3.63, 3.8) is 0 Å². The Morgan fingerprint density at radius 2 is 1.73 bits per heavy atom. The lowest BCUT2D eigenvalue weighted by Gasteiger charge is -2.32. The number of hydrogen-bond acceptors (Lipinski definition) is 1. The predicted octanol–water partition coefficient (Wildman–Crippen LogP) is 2.48. The molecule has 1 N–H and O–H groups in total. The van der Waals surface area contributed by atoms with Gasteiger partial charge in [-0.1, -0.05) is 32.1 Å². The maximum atomic E-state index is 10.1. The predicted molar refractivity (Wildman–Crippen MR) is 45.4 cm³/mol. The van der Waals surface area contributed by atoms with Gasteiger partial charge in [-0.15, -0.1) is 0 Å². The molecule has 0 amide bonds. The van der Waals surface area contributed by atoms with Gasteiger partial charge in [-0.25, -0.2) is 0 Å². The van der Waals surface area contributed by atoms with E-state index < -0.39 is 0 Å². The molecular weight excluding hydrogens is 136 g/mol. The van der Waals surface area contributed by atoms with Crippen molar-refractivity contribution in [1.82, 2.24) is 0 Å². The summed E-state index contributed by atoms with van der Waals surface area (Å²) in [4.78, 5) is 0. The topological polar surface area (TPSA) is 20.2 Å². The monoisotopic (exact) mass is 154 g/mol.